The zero-order valence-electron chi connectivity index (χ0n) is 12.5. The van der Waals surface area contributed by atoms with Gasteiger partial charge < -0.3 is 5.32 Å². The highest BCUT2D eigenvalue weighted by molar-refractivity contribution is 6.08. The van der Waals surface area contributed by atoms with Gasteiger partial charge in [-0.15, -0.1) is 0 Å². The molecule has 0 aliphatic carbocycles. The number of hydrogen-bond acceptors (Lipinski definition) is 2. The average Bonchev–Trinajstić information content (AvgIpc) is 2.42. The van der Waals surface area contributed by atoms with Crippen LogP contribution in [0.2, 0.25) is 0 Å². The smallest absolute Gasteiger partial charge is 0.250 e. The molecule has 0 aromatic heterocycles. The summed E-state index contributed by atoms with van der Waals surface area (Å²) in [5.74, 6) is 0.271. The third-order valence-electron chi connectivity index (χ3n) is 3.78. The number of rotatable bonds is 3. The third kappa shape index (κ3) is 2.55. The van der Waals surface area contributed by atoms with E-state index in [-0.39, 0.29) is 11.8 Å². The van der Waals surface area contributed by atoms with Crippen LogP contribution in [0.25, 0.3) is 0 Å². The first-order valence-electron chi connectivity index (χ1n) is 7.19. The highest BCUT2D eigenvalue weighted by atomic mass is 16.2. The topological polar surface area (TPSA) is 49.4 Å². The lowest BCUT2D eigenvalue weighted by molar-refractivity contribution is -0.133. The number of anilines is 1. The normalized spacial score (nSPS) is 23.1. The van der Waals surface area contributed by atoms with Crippen LogP contribution in [0.4, 0.5) is 5.69 Å². The Balaban J connectivity index is 2.43. The van der Waals surface area contributed by atoms with Gasteiger partial charge in [-0.25, -0.2) is 0 Å². The summed E-state index contributed by atoms with van der Waals surface area (Å²) >= 11 is 0. The number of piperazine rings is 1. The van der Waals surface area contributed by atoms with Crippen molar-refractivity contribution < 1.29 is 9.59 Å². The van der Waals surface area contributed by atoms with Crippen molar-refractivity contribution in [3.05, 3.63) is 29.8 Å². The number of nitrogens with zero attached hydrogens (tertiary/aromatic N) is 1. The lowest BCUT2D eigenvalue weighted by atomic mass is 10.00. The molecule has 1 aliphatic rings. The molecule has 2 unspecified atom stereocenters. The number of carbonyl (C=O) groups is 2. The van der Waals surface area contributed by atoms with Gasteiger partial charge in [0, 0.05) is 5.69 Å². The molecule has 1 aliphatic heterocycles. The predicted molar refractivity (Wildman–Crippen MR) is 79.7 cm³/mol. The zero-order chi connectivity index (χ0) is 14.9. The Bertz CT molecular complexity index is 525. The van der Waals surface area contributed by atoms with Crippen LogP contribution < -0.4 is 10.2 Å². The van der Waals surface area contributed by atoms with Crippen LogP contribution in [0.3, 0.4) is 0 Å². The van der Waals surface area contributed by atoms with Gasteiger partial charge in [0.15, 0.2) is 0 Å². The highest BCUT2D eigenvalue weighted by Gasteiger charge is 2.38. The molecule has 1 aromatic rings. The Morgan fingerprint density at radius 1 is 1.30 bits per heavy atom. The maximum Gasteiger partial charge on any atom is 0.250 e. The minimum Gasteiger partial charge on any atom is -0.343 e. The van der Waals surface area contributed by atoms with Crippen molar-refractivity contribution >= 4 is 17.5 Å². The van der Waals surface area contributed by atoms with Gasteiger partial charge in [0.25, 0.3) is 0 Å². The van der Waals surface area contributed by atoms with Crippen LogP contribution in [0.5, 0.6) is 0 Å². The van der Waals surface area contributed by atoms with Gasteiger partial charge >= 0.3 is 0 Å². The zero-order valence-corrected chi connectivity index (χ0v) is 12.5. The van der Waals surface area contributed by atoms with E-state index in [0.29, 0.717) is 12.3 Å². The van der Waals surface area contributed by atoms with Crippen molar-refractivity contribution in [3.8, 4) is 0 Å². The summed E-state index contributed by atoms with van der Waals surface area (Å²) in [5, 5.41) is 2.74. The summed E-state index contributed by atoms with van der Waals surface area (Å²) in [6, 6.07) is 7.03. The Kier molecular flexibility index (Phi) is 4.12. The summed E-state index contributed by atoms with van der Waals surface area (Å²) < 4.78 is 0. The van der Waals surface area contributed by atoms with Crippen molar-refractivity contribution in [1.82, 2.24) is 5.32 Å². The molecular formula is C16H22N2O2. The number of hydrogen-bond donors (Lipinski definition) is 1. The fourth-order valence-corrected chi connectivity index (χ4v) is 2.56. The fourth-order valence-electron chi connectivity index (χ4n) is 2.56. The van der Waals surface area contributed by atoms with E-state index in [1.165, 1.54) is 5.56 Å². The van der Waals surface area contributed by atoms with E-state index >= 15 is 0 Å². The minimum atomic E-state index is -0.465. The summed E-state index contributed by atoms with van der Waals surface area (Å²) in [5.41, 5.74) is 1.98. The van der Waals surface area contributed by atoms with Crippen LogP contribution in [0.15, 0.2) is 24.3 Å². The van der Waals surface area contributed by atoms with Crippen LogP contribution in [-0.4, -0.2) is 23.9 Å². The van der Waals surface area contributed by atoms with E-state index in [1.54, 1.807) is 11.8 Å². The van der Waals surface area contributed by atoms with Crippen LogP contribution in [0, 0.1) is 0 Å². The van der Waals surface area contributed by atoms with Gasteiger partial charge in [-0.2, -0.15) is 0 Å². The summed E-state index contributed by atoms with van der Waals surface area (Å²) in [7, 11) is 0. The molecule has 0 saturated carbocycles. The number of amides is 2. The van der Waals surface area contributed by atoms with Crippen LogP contribution >= 0.6 is 0 Å². The molecule has 108 valence electrons. The van der Waals surface area contributed by atoms with Gasteiger partial charge in [0.1, 0.15) is 12.1 Å². The fraction of sp³-hybridized carbons (Fsp3) is 0.500. The first kappa shape index (κ1) is 14.6. The molecule has 1 saturated heterocycles. The first-order chi connectivity index (χ1) is 9.45. The quantitative estimate of drug-likeness (QED) is 0.920. The van der Waals surface area contributed by atoms with E-state index in [9.17, 15) is 9.59 Å². The van der Waals surface area contributed by atoms with E-state index in [1.807, 2.05) is 31.2 Å². The molecular weight excluding hydrogens is 252 g/mol. The van der Waals surface area contributed by atoms with Gasteiger partial charge in [-0.05, 0) is 37.0 Å². The summed E-state index contributed by atoms with van der Waals surface area (Å²) in [6.45, 7) is 7.88. The lowest BCUT2D eigenvalue weighted by Gasteiger charge is -2.37. The lowest BCUT2D eigenvalue weighted by Crippen LogP contribution is -2.62. The van der Waals surface area contributed by atoms with E-state index in [4.69, 9.17) is 0 Å². The Morgan fingerprint density at radius 3 is 2.60 bits per heavy atom. The molecule has 2 atom stereocenters. The molecule has 0 bridgehead atoms. The summed E-state index contributed by atoms with van der Waals surface area (Å²) in [6.07, 6.45) is 0.607. The van der Waals surface area contributed by atoms with E-state index in [0.717, 1.165) is 5.69 Å². The molecule has 4 heteroatoms. The molecule has 1 N–H and O–H groups in total. The second-order valence-electron chi connectivity index (χ2n) is 5.61. The van der Waals surface area contributed by atoms with Crippen LogP contribution in [0.1, 0.15) is 45.6 Å². The molecule has 1 fully saturated rings. The van der Waals surface area contributed by atoms with Crippen molar-refractivity contribution in [2.24, 2.45) is 0 Å². The SMILES string of the molecule is CCC1C(=O)NC(C)C(=O)N1c1cccc(C(C)C)c1. The molecule has 1 heterocycles. The molecule has 2 amide bonds. The summed E-state index contributed by atoms with van der Waals surface area (Å²) in [4.78, 5) is 26.2. The number of nitrogens with one attached hydrogen (secondary N) is 1. The Morgan fingerprint density at radius 2 is 2.00 bits per heavy atom. The molecule has 0 spiro atoms. The Labute approximate surface area is 120 Å². The molecule has 1 aromatic carbocycles. The second-order valence-corrected chi connectivity index (χ2v) is 5.61. The van der Waals surface area contributed by atoms with Crippen molar-refractivity contribution in [1.29, 1.82) is 0 Å². The highest BCUT2D eigenvalue weighted by Crippen LogP contribution is 2.26. The second kappa shape index (κ2) is 5.65. The molecule has 0 radical (unpaired) electrons. The average molecular weight is 274 g/mol. The molecule has 2 rings (SSSR count). The first-order valence-corrected chi connectivity index (χ1v) is 7.19. The van der Waals surface area contributed by atoms with Crippen molar-refractivity contribution in [2.75, 3.05) is 4.90 Å². The Hall–Kier alpha value is -1.84. The monoisotopic (exact) mass is 274 g/mol. The standard InChI is InChI=1S/C16H22N2O2/c1-5-14-15(19)17-11(4)16(20)18(14)13-8-6-7-12(9-13)10(2)3/h6-11,14H,5H2,1-4H3,(H,17,19). The third-order valence-corrected chi connectivity index (χ3v) is 3.78. The van der Waals surface area contributed by atoms with E-state index < -0.39 is 12.1 Å². The predicted octanol–water partition coefficient (Wildman–Crippen LogP) is 2.44. The number of carbonyl (C=O) groups excluding carboxylic acids is 2. The van der Waals surface area contributed by atoms with Gasteiger partial charge in [-0.3, -0.25) is 14.5 Å². The van der Waals surface area contributed by atoms with Crippen molar-refractivity contribution in [3.63, 3.8) is 0 Å². The van der Waals surface area contributed by atoms with Crippen molar-refractivity contribution in [2.45, 2.75) is 52.1 Å². The molecule has 20 heavy (non-hydrogen) atoms. The van der Waals surface area contributed by atoms with Crippen LogP contribution in [-0.2, 0) is 9.59 Å². The van der Waals surface area contributed by atoms with Gasteiger partial charge in [0.2, 0.25) is 11.8 Å². The largest absolute Gasteiger partial charge is 0.343 e. The van der Waals surface area contributed by atoms with E-state index in [2.05, 4.69) is 19.2 Å². The molecule has 4 nitrogen and oxygen atoms in total. The van der Waals surface area contributed by atoms with Gasteiger partial charge in [0.05, 0.1) is 0 Å². The number of benzene rings is 1. The maximum atomic E-state index is 12.4. The minimum absolute atomic E-state index is 0.0441. The maximum absolute atomic E-state index is 12.4. The van der Waals surface area contributed by atoms with Gasteiger partial charge in [-0.1, -0.05) is 32.9 Å².